The van der Waals surface area contributed by atoms with Gasteiger partial charge in [0.2, 0.25) is 5.91 Å². The second kappa shape index (κ2) is 7.03. The topological polar surface area (TPSA) is 67.2 Å². The minimum absolute atomic E-state index is 0.260. The molecule has 6 rings (SSSR count). The van der Waals surface area contributed by atoms with Crippen molar-refractivity contribution in [1.82, 2.24) is 30.0 Å². The van der Waals surface area contributed by atoms with Gasteiger partial charge < -0.3 is 4.90 Å². The van der Waals surface area contributed by atoms with Crippen LogP contribution >= 0.6 is 0 Å². The van der Waals surface area contributed by atoms with Crippen LogP contribution in [0.3, 0.4) is 0 Å². The van der Waals surface area contributed by atoms with Gasteiger partial charge in [-0.05, 0) is 65.6 Å². The SMILES string of the molecule is O=C(Cc1ccc(-n2cnnn2)cc1)N1C[C@@H]2CC[C@H](C1)N(CC1CC1)C2. The van der Waals surface area contributed by atoms with Crippen molar-refractivity contribution in [3.05, 3.63) is 36.2 Å². The highest BCUT2D eigenvalue weighted by atomic mass is 16.2. The first-order valence-electron chi connectivity index (χ1n) is 10.1. The molecule has 1 aliphatic carbocycles. The van der Waals surface area contributed by atoms with E-state index in [-0.39, 0.29) is 5.91 Å². The predicted molar refractivity (Wildman–Crippen MR) is 100 cm³/mol. The van der Waals surface area contributed by atoms with Gasteiger partial charge in [-0.2, -0.15) is 0 Å². The third-order valence-corrected chi connectivity index (χ3v) is 6.27. The lowest BCUT2D eigenvalue weighted by molar-refractivity contribution is -0.130. The summed E-state index contributed by atoms with van der Waals surface area (Å²) in [6, 6.07) is 8.49. The van der Waals surface area contributed by atoms with Crippen LogP contribution in [0, 0.1) is 11.8 Å². The maximum atomic E-state index is 13.0. The van der Waals surface area contributed by atoms with Gasteiger partial charge in [0.25, 0.3) is 0 Å². The number of rotatable bonds is 5. The first-order chi connectivity index (χ1) is 13.2. The Morgan fingerprint density at radius 1 is 1.04 bits per heavy atom. The number of benzene rings is 1. The van der Waals surface area contributed by atoms with E-state index in [9.17, 15) is 4.79 Å². The van der Waals surface area contributed by atoms with Crippen molar-refractivity contribution in [2.24, 2.45) is 11.8 Å². The number of carbonyl (C=O) groups is 1. The van der Waals surface area contributed by atoms with Crippen LogP contribution in [0.2, 0.25) is 0 Å². The highest BCUT2D eigenvalue weighted by molar-refractivity contribution is 5.79. The van der Waals surface area contributed by atoms with Crippen LogP contribution in [0.25, 0.3) is 5.69 Å². The lowest BCUT2D eigenvalue weighted by atomic mass is 9.95. The molecule has 4 heterocycles. The highest BCUT2D eigenvalue weighted by Gasteiger charge is 2.38. The second-order valence-corrected chi connectivity index (χ2v) is 8.39. The minimum Gasteiger partial charge on any atom is -0.341 e. The van der Waals surface area contributed by atoms with Gasteiger partial charge in [-0.15, -0.1) is 5.10 Å². The van der Waals surface area contributed by atoms with Crippen LogP contribution in [0.1, 0.15) is 31.2 Å². The molecule has 7 heteroatoms. The quantitative estimate of drug-likeness (QED) is 0.803. The van der Waals surface area contributed by atoms with Gasteiger partial charge in [-0.3, -0.25) is 9.69 Å². The molecule has 4 aliphatic rings. The van der Waals surface area contributed by atoms with Crippen LogP contribution < -0.4 is 0 Å². The molecule has 7 nitrogen and oxygen atoms in total. The van der Waals surface area contributed by atoms with E-state index in [2.05, 4.69) is 25.3 Å². The zero-order valence-corrected chi connectivity index (χ0v) is 15.6. The molecule has 1 aromatic carbocycles. The fraction of sp³-hybridized carbons (Fsp3) is 0.600. The van der Waals surface area contributed by atoms with Gasteiger partial charge >= 0.3 is 0 Å². The smallest absolute Gasteiger partial charge is 0.227 e. The number of tetrazole rings is 1. The molecule has 0 unspecified atom stereocenters. The average molecular weight is 366 g/mol. The summed E-state index contributed by atoms with van der Waals surface area (Å²) in [7, 11) is 0. The van der Waals surface area contributed by atoms with Crippen molar-refractivity contribution in [2.75, 3.05) is 26.2 Å². The number of carbonyl (C=O) groups excluding carboxylic acids is 1. The number of aromatic nitrogens is 4. The molecular weight excluding hydrogens is 340 g/mol. The fourth-order valence-electron chi connectivity index (χ4n) is 4.57. The van der Waals surface area contributed by atoms with Crippen LogP contribution in [0.4, 0.5) is 0 Å². The first-order valence-corrected chi connectivity index (χ1v) is 10.1. The average Bonchev–Trinajstić information content (AvgIpc) is 3.41. The Bertz CT molecular complexity index is 785. The summed E-state index contributed by atoms with van der Waals surface area (Å²) in [4.78, 5) is 17.8. The summed E-state index contributed by atoms with van der Waals surface area (Å²) in [5.41, 5.74) is 1.95. The molecule has 27 heavy (non-hydrogen) atoms. The third-order valence-electron chi connectivity index (χ3n) is 6.27. The molecule has 0 radical (unpaired) electrons. The Kier molecular flexibility index (Phi) is 4.39. The van der Waals surface area contributed by atoms with Crippen LogP contribution in [0.5, 0.6) is 0 Å². The highest BCUT2D eigenvalue weighted by Crippen LogP contribution is 2.34. The van der Waals surface area contributed by atoms with E-state index in [1.807, 2.05) is 24.3 Å². The van der Waals surface area contributed by atoms with Crippen molar-refractivity contribution >= 4 is 5.91 Å². The summed E-state index contributed by atoms with van der Waals surface area (Å²) >= 11 is 0. The Hall–Kier alpha value is -2.28. The van der Waals surface area contributed by atoms with Crippen LogP contribution in [-0.4, -0.2) is 68.1 Å². The van der Waals surface area contributed by atoms with E-state index in [0.717, 1.165) is 30.3 Å². The van der Waals surface area contributed by atoms with Crippen LogP contribution in [-0.2, 0) is 11.2 Å². The number of amides is 1. The maximum Gasteiger partial charge on any atom is 0.227 e. The molecule has 2 atom stereocenters. The van der Waals surface area contributed by atoms with Crippen molar-refractivity contribution in [2.45, 2.75) is 38.1 Å². The number of hydrogen-bond donors (Lipinski definition) is 0. The Balaban J connectivity index is 1.23. The van der Waals surface area contributed by atoms with Gasteiger partial charge in [0.1, 0.15) is 6.33 Å². The van der Waals surface area contributed by atoms with Crippen LogP contribution in [0.15, 0.2) is 30.6 Å². The number of nitrogens with zero attached hydrogens (tertiary/aromatic N) is 6. The number of fused-ring (bicyclic) bond motifs is 4. The number of hydrogen-bond acceptors (Lipinski definition) is 5. The molecule has 3 aliphatic heterocycles. The van der Waals surface area contributed by atoms with Gasteiger partial charge in [0.15, 0.2) is 0 Å². The minimum atomic E-state index is 0.260. The molecule has 142 valence electrons. The lowest BCUT2D eigenvalue weighted by Crippen LogP contribution is -2.45. The Morgan fingerprint density at radius 2 is 1.89 bits per heavy atom. The van der Waals surface area contributed by atoms with Gasteiger partial charge in [0, 0.05) is 32.2 Å². The summed E-state index contributed by atoms with van der Waals surface area (Å²) in [6.07, 6.45) is 7.37. The summed E-state index contributed by atoms with van der Waals surface area (Å²) in [5, 5.41) is 11.2. The monoisotopic (exact) mass is 366 g/mol. The van der Waals surface area contributed by atoms with Gasteiger partial charge in [0.05, 0.1) is 12.1 Å². The van der Waals surface area contributed by atoms with Crippen molar-refractivity contribution < 1.29 is 4.79 Å². The molecule has 4 fully saturated rings. The third kappa shape index (κ3) is 3.74. The number of piperidine rings is 1. The standard InChI is InChI=1S/C20H26N6O/c27-20(9-15-3-6-18(7-4-15)26-14-21-22-23-26)25-12-17-5-8-19(13-25)24(11-17)10-16-1-2-16/h3-4,6-7,14,16-17,19H,1-2,5,8-13H2/t17-,19-/m1/s1. The molecule has 0 N–H and O–H groups in total. The van der Waals surface area contributed by atoms with E-state index in [4.69, 9.17) is 0 Å². The zero-order chi connectivity index (χ0) is 18.2. The van der Waals surface area contributed by atoms with Gasteiger partial charge in [-0.1, -0.05) is 12.1 Å². The Morgan fingerprint density at radius 3 is 2.63 bits per heavy atom. The normalized spacial score (nSPS) is 25.6. The Labute approximate surface area is 159 Å². The molecule has 0 spiro atoms. The fourth-order valence-corrected chi connectivity index (χ4v) is 4.57. The van der Waals surface area contributed by atoms with E-state index in [1.54, 1.807) is 11.0 Å². The molecule has 2 bridgehead atoms. The predicted octanol–water partition coefficient (Wildman–Crippen LogP) is 1.54. The van der Waals surface area contributed by atoms with Gasteiger partial charge in [-0.25, -0.2) is 4.68 Å². The first kappa shape index (κ1) is 16.9. The molecular formula is C20H26N6O. The zero-order valence-electron chi connectivity index (χ0n) is 15.6. The second-order valence-electron chi connectivity index (χ2n) is 8.39. The molecule has 2 aromatic rings. The maximum absolute atomic E-state index is 13.0. The summed E-state index contributed by atoms with van der Waals surface area (Å²) < 4.78 is 1.62. The van der Waals surface area contributed by atoms with Crippen molar-refractivity contribution in [3.8, 4) is 5.69 Å². The van der Waals surface area contributed by atoms with E-state index in [0.29, 0.717) is 18.4 Å². The molecule has 1 aromatic heterocycles. The van der Waals surface area contributed by atoms with E-state index < -0.39 is 0 Å². The van der Waals surface area contributed by atoms with E-state index in [1.165, 1.54) is 38.8 Å². The molecule has 3 saturated heterocycles. The molecule has 1 amide bonds. The van der Waals surface area contributed by atoms with E-state index >= 15 is 0 Å². The van der Waals surface area contributed by atoms with Crippen molar-refractivity contribution in [3.63, 3.8) is 0 Å². The van der Waals surface area contributed by atoms with Crippen molar-refractivity contribution in [1.29, 1.82) is 0 Å². The molecule has 1 saturated carbocycles. The largest absolute Gasteiger partial charge is 0.341 e. The lowest BCUT2D eigenvalue weighted by Gasteiger charge is -2.36. The summed E-state index contributed by atoms with van der Waals surface area (Å²) in [6.45, 7) is 4.28. The summed E-state index contributed by atoms with van der Waals surface area (Å²) in [5.74, 6) is 1.83.